The summed E-state index contributed by atoms with van der Waals surface area (Å²) < 4.78 is 0. The third-order valence-electron chi connectivity index (χ3n) is 4.09. The lowest BCUT2D eigenvalue weighted by molar-refractivity contribution is 0.636. The molecule has 2 aliphatic rings. The van der Waals surface area contributed by atoms with Gasteiger partial charge in [0.1, 0.15) is 0 Å². The van der Waals surface area contributed by atoms with Crippen molar-refractivity contribution in [3.05, 3.63) is 83.6 Å². The summed E-state index contributed by atoms with van der Waals surface area (Å²) in [5, 5.41) is 0. The van der Waals surface area contributed by atoms with E-state index in [1.54, 1.807) is 0 Å². The summed E-state index contributed by atoms with van der Waals surface area (Å²) in [6, 6.07) is 0. The van der Waals surface area contributed by atoms with Gasteiger partial charge in [-0.05, 0) is 36.0 Å². The largest absolute Gasteiger partial charge is 0.0804 e. The van der Waals surface area contributed by atoms with Crippen LogP contribution in [0.15, 0.2) is 83.6 Å². The van der Waals surface area contributed by atoms with E-state index >= 15 is 0 Å². The van der Waals surface area contributed by atoms with E-state index in [4.69, 9.17) is 0 Å². The highest BCUT2D eigenvalue weighted by atomic mass is 14.1. The number of hydrogen-bond acceptors (Lipinski definition) is 0. The topological polar surface area (TPSA) is 0 Å². The van der Waals surface area contributed by atoms with Gasteiger partial charge in [-0.3, -0.25) is 0 Å². The van der Waals surface area contributed by atoms with Gasteiger partial charge >= 0.3 is 0 Å². The van der Waals surface area contributed by atoms with Crippen molar-refractivity contribution < 1.29 is 0 Å². The molecule has 0 heteroatoms. The van der Waals surface area contributed by atoms with Crippen molar-refractivity contribution in [3.63, 3.8) is 0 Å². The molecule has 0 heterocycles. The Morgan fingerprint density at radius 3 is 2.55 bits per heavy atom. The number of allylic oxidation sites excluding steroid dienone is 14. The molecule has 0 aromatic rings. The SMILES string of the molecule is CCCCCCCC=C1C/C=C\C=C/C2=C/C=C\C=C/C=C/12. The number of hydrogen-bond donors (Lipinski definition) is 0. The number of fused-ring (bicyclic) bond motifs is 1. The highest BCUT2D eigenvalue weighted by molar-refractivity contribution is 5.56. The third kappa shape index (κ3) is 5.52. The molecule has 0 N–H and O–H groups in total. The second-order valence-electron chi connectivity index (χ2n) is 5.90. The van der Waals surface area contributed by atoms with Crippen molar-refractivity contribution >= 4 is 0 Å². The summed E-state index contributed by atoms with van der Waals surface area (Å²) in [5.74, 6) is 0. The molecule has 0 spiro atoms. The zero-order valence-corrected chi connectivity index (χ0v) is 13.8. The molecule has 22 heavy (non-hydrogen) atoms. The summed E-state index contributed by atoms with van der Waals surface area (Å²) in [5.41, 5.74) is 4.14. The van der Waals surface area contributed by atoms with Gasteiger partial charge in [-0.15, -0.1) is 0 Å². The Morgan fingerprint density at radius 1 is 0.864 bits per heavy atom. The fourth-order valence-electron chi connectivity index (χ4n) is 2.82. The van der Waals surface area contributed by atoms with E-state index in [-0.39, 0.29) is 0 Å². The van der Waals surface area contributed by atoms with Crippen molar-refractivity contribution in [2.24, 2.45) is 0 Å². The molecule has 0 unspecified atom stereocenters. The predicted molar refractivity (Wildman–Crippen MR) is 98.8 cm³/mol. The van der Waals surface area contributed by atoms with Crippen molar-refractivity contribution in [2.45, 2.75) is 51.9 Å². The molecule has 2 aliphatic carbocycles. The normalized spacial score (nSPS) is 29.6. The van der Waals surface area contributed by atoms with E-state index in [1.165, 1.54) is 55.2 Å². The Hall–Kier alpha value is -1.82. The van der Waals surface area contributed by atoms with Gasteiger partial charge in [0.2, 0.25) is 0 Å². The standard InChI is InChI=1S/C22H28/c1-2-3-4-5-6-10-15-20-17-12-9-13-18-21-16-11-7-8-14-19-22(20)21/h7-9,11-16,18-19H,2-6,10,17H2,1H3/b8-7?,11-7-,12-9-,14-8-,16-11?,18-13-,19-14?,20-15?,21-16-,22-19-,22-21?. The summed E-state index contributed by atoms with van der Waals surface area (Å²) in [6.07, 6.45) is 33.1. The minimum atomic E-state index is 1.03. The predicted octanol–water partition coefficient (Wildman–Crippen LogP) is 6.77. The maximum absolute atomic E-state index is 2.45. The second-order valence-corrected chi connectivity index (χ2v) is 5.90. The van der Waals surface area contributed by atoms with Crippen LogP contribution in [-0.2, 0) is 0 Å². The first-order valence-corrected chi connectivity index (χ1v) is 8.70. The van der Waals surface area contributed by atoms with Crippen molar-refractivity contribution in [1.82, 2.24) is 0 Å². The summed E-state index contributed by atoms with van der Waals surface area (Å²) in [4.78, 5) is 0. The number of rotatable bonds is 6. The van der Waals surface area contributed by atoms with Crippen LogP contribution in [0.1, 0.15) is 51.9 Å². The average Bonchev–Trinajstić information content (AvgIpc) is 2.49. The third-order valence-corrected chi connectivity index (χ3v) is 4.09. The van der Waals surface area contributed by atoms with Gasteiger partial charge in [-0.2, -0.15) is 0 Å². The fourth-order valence-corrected chi connectivity index (χ4v) is 2.82. The van der Waals surface area contributed by atoms with E-state index in [9.17, 15) is 0 Å². The molecule has 0 fully saturated rings. The first-order chi connectivity index (χ1) is 10.9. The Bertz CT molecular complexity index is 545. The van der Waals surface area contributed by atoms with Crippen LogP contribution in [0.5, 0.6) is 0 Å². The van der Waals surface area contributed by atoms with Gasteiger partial charge in [0.05, 0.1) is 0 Å². The van der Waals surface area contributed by atoms with Gasteiger partial charge in [0.15, 0.2) is 0 Å². The van der Waals surface area contributed by atoms with Gasteiger partial charge in [0, 0.05) is 0 Å². The van der Waals surface area contributed by atoms with Crippen LogP contribution in [0, 0.1) is 0 Å². The molecule has 116 valence electrons. The lowest BCUT2D eigenvalue weighted by Crippen LogP contribution is -1.95. The van der Waals surface area contributed by atoms with Crippen LogP contribution < -0.4 is 0 Å². The van der Waals surface area contributed by atoms with E-state index < -0.39 is 0 Å². The lowest BCUT2D eigenvalue weighted by atomic mass is 9.90. The molecule has 0 bridgehead atoms. The van der Waals surface area contributed by atoms with Gasteiger partial charge in [-0.25, -0.2) is 0 Å². The molecule has 0 aliphatic heterocycles. The zero-order chi connectivity index (χ0) is 15.5. The molecule has 0 radical (unpaired) electrons. The van der Waals surface area contributed by atoms with Crippen molar-refractivity contribution in [3.8, 4) is 0 Å². The van der Waals surface area contributed by atoms with E-state index in [1.807, 2.05) is 0 Å². The molecule has 0 amide bonds. The highest BCUT2D eigenvalue weighted by Crippen LogP contribution is 2.27. The van der Waals surface area contributed by atoms with Gasteiger partial charge in [0.25, 0.3) is 0 Å². The molecule has 0 saturated carbocycles. The minimum absolute atomic E-state index is 1.03. The molecule has 0 aromatic heterocycles. The summed E-state index contributed by atoms with van der Waals surface area (Å²) in [6.45, 7) is 2.27. The first-order valence-electron chi connectivity index (χ1n) is 8.70. The molecule has 0 nitrogen and oxygen atoms in total. The van der Waals surface area contributed by atoms with Gasteiger partial charge < -0.3 is 0 Å². The Balaban J connectivity index is 2.07. The quantitative estimate of drug-likeness (QED) is 0.474. The summed E-state index contributed by atoms with van der Waals surface area (Å²) in [7, 11) is 0. The maximum atomic E-state index is 2.45. The maximum Gasteiger partial charge on any atom is -0.00913 e. The van der Waals surface area contributed by atoms with E-state index in [0.717, 1.165) is 6.42 Å². The molecule has 0 aromatic carbocycles. The first kappa shape index (κ1) is 16.5. The van der Waals surface area contributed by atoms with Crippen molar-refractivity contribution in [2.75, 3.05) is 0 Å². The summed E-state index contributed by atoms with van der Waals surface area (Å²) >= 11 is 0. The molecule has 0 atom stereocenters. The minimum Gasteiger partial charge on any atom is -0.0804 e. The second kappa shape index (κ2) is 10.00. The Morgan fingerprint density at radius 2 is 1.68 bits per heavy atom. The average molecular weight is 292 g/mol. The molecule has 0 saturated heterocycles. The molecular weight excluding hydrogens is 264 g/mol. The van der Waals surface area contributed by atoms with E-state index in [0.29, 0.717) is 0 Å². The van der Waals surface area contributed by atoms with Crippen LogP contribution in [-0.4, -0.2) is 0 Å². The van der Waals surface area contributed by atoms with E-state index in [2.05, 4.69) is 73.8 Å². The fraction of sp³-hybridized carbons (Fsp3) is 0.364. The Labute approximate surface area is 136 Å². The van der Waals surface area contributed by atoms with Crippen LogP contribution in [0.4, 0.5) is 0 Å². The zero-order valence-electron chi connectivity index (χ0n) is 13.8. The van der Waals surface area contributed by atoms with Crippen LogP contribution >= 0.6 is 0 Å². The Kier molecular flexibility index (Phi) is 7.52. The van der Waals surface area contributed by atoms with Crippen LogP contribution in [0.3, 0.4) is 0 Å². The smallest absolute Gasteiger partial charge is 0.00913 e. The molecule has 2 rings (SSSR count). The monoisotopic (exact) mass is 292 g/mol. The highest BCUT2D eigenvalue weighted by Gasteiger charge is 2.08. The van der Waals surface area contributed by atoms with Crippen LogP contribution in [0.25, 0.3) is 0 Å². The van der Waals surface area contributed by atoms with Gasteiger partial charge in [-0.1, -0.05) is 99.4 Å². The lowest BCUT2D eigenvalue weighted by Gasteiger charge is -2.14. The molecular formula is C22H28. The number of unbranched alkanes of at least 4 members (excludes halogenated alkanes) is 5. The van der Waals surface area contributed by atoms with Crippen molar-refractivity contribution in [1.29, 1.82) is 0 Å². The van der Waals surface area contributed by atoms with Crippen LogP contribution in [0.2, 0.25) is 0 Å².